The summed E-state index contributed by atoms with van der Waals surface area (Å²) >= 11 is 1.10. The molecule has 1 fully saturated rings. The van der Waals surface area contributed by atoms with Crippen molar-refractivity contribution in [3.05, 3.63) is 54.2 Å². The zero-order valence-electron chi connectivity index (χ0n) is 17.1. The number of nitrogens with two attached hydrogens (primary N) is 1. The number of hydrogen-bond acceptors (Lipinski definition) is 7. The quantitative estimate of drug-likeness (QED) is 0.592. The molecule has 1 aromatic heterocycles. The highest BCUT2D eigenvalue weighted by atomic mass is 32.2. The van der Waals surface area contributed by atoms with Crippen LogP contribution in [0, 0.1) is 0 Å². The largest absolute Gasteiger partial charge is 0.351 e. The van der Waals surface area contributed by atoms with Crippen LogP contribution in [0.25, 0.3) is 0 Å². The number of thioether (sulfide) groups is 1. The highest BCUT2D eigenvalue weighted by Crippen LogP contribution is 2.24. The molecule has 11 heteroatoms. The van der Waals surface area contributed by atoms with Gasteiger partial charge < -0.3 is 5.73 Å². The lowest BCUT2D eigenvalue weighted by molar-refractivity contribution is -0.119. The van der Waals surface area contributed by atoms with Crippen molar-refractivity contribution < 1.29 is 18.0 Å². The summed E-state index contributed by atoms with van der Waals surface area (Å²) in [6.45, 7) is 4.53. The van der Waals surface area contributed by atoms with E-state index in [9.17, 15) is 18.0 Å². The molecule has 0 saturated carbocycles. The van der Waals surface area contributed by atoms with Crippen LogP contribution in [-0.4, -0.2) is 66.0 Å². The standard InChI is InChI=1S/C20H25N5O4S2/c1-15(19(26)23-20(21)27)30-18-8-7-17(13-22-18)31(28,29)25-11-9-24(10-12-25)14-16-5-3-2-4-6-16/h2-8,13,15H,9-12,14H2,1H3,(H3,21,23,26,27)/t15-/m1/s1. The zero-order chi connectivity index (χ0) is 22.4. The predicted molar refractivity (Wildman–Crippen MR) is 118 cm³/mol. The number of urea groups is 1. The van der Waals surface area contributed by atoms with E-state index in [1.807, 2.05) is 23.5 Å². The lowest BCUT2D eigenvalue weighted by Gasteiger charge is -2.33. The van der Waals surface area contributed by atoms with Crippen molar-refractivity contribution in [3.8, 4) is 0 Å². The fourth-order valence-electron chi connectivity index (χ4n) is 3.17. The van der Waals surface area contributed by atoms with Crippen LogP contribution in [0.4, 0.5) is 4.79 Å². The molecule has 1 saturated heterocycles. The van der Waals surface area contributed by atoms with Gasteiger partial charge in [-0.25, -0.2) is 18.2 Å². The number of imide groups is 1. The number of rotatable bonds is 7. The summed E-state index contributed by atoms with van der Waals surface area (Å²) in [5.41, 5.74) is 6.14. The van der Waals surface area contributed by atoms with Crippen molar-refractivity contribution in [2.75, 3.05) is 26.2 Å². The van der Waals surface area contributed by atoms with E-state index in [0.717, 1.165) is 18.3 Å². The molecule has 2 heterocycles. The van der Waals surface area contributed by atoms with Crippen LogP contribution in [-0.2, 0) is 21.4 Å². The topological polar surface area (TPSA) is 126 Å². The van der Waals surface area contributed by atoms with E-state index in [2.05, 4.69) is 22.0 Å². The summed E-state index contributed by atoms with van der Waals surface area (Å²) in [7, 11) is -3.64. The Morgan fingerprint density at radius 1 is 1.13 bits per heavy atom. The molecule has 31 heavy (non-hydrogen) atoms. The lowest BCUT2D eigenvalue weighted by Crippen LogP contribution is -2.48. The summed E-state index contributed by atoms with van der Waals surface area (Å²) in [5, 5.41) is 1.87. The minimum atomic E-state index is -3.64. The van der Waals surface area contributed by atoms with Gasteiger partial charge in [0.2, 0.25) is 15.9 Å². The van der Waals surface area contributed by atoms with Gasteiger partial charge in [0.15, 0.2) is 0 Å². The molecule has 0 radical (unpaired) electrons. The first-order valence-electron chi connectivity index (χ1n) is 9.75. The van der Waals surface area contributed by atoms with Gasteiger partial charge in [-0.05, 0) is 24.6 Å². The first-order chi connectivity index (χ1) is 14.8. The number of carbonyl (C=O) groups is 2. The Hall–Kier alpha value is -2.47. The third-order valence-electron chi connectivity index (χ3n) is 4.84. The molecule has 2 aromatic rings. The molecule has 1 aromatic carbocycles. The van der Waals surface area contributed by atoms with E-state index in [-0.39, 0.29) is 4.90 Å². The zero-order valence-corrected chi connectivity index (χ0v) is 18.7. The van der Waals surface area contributed by atoms with Gasteiger partial charge >= 0.3 is 6.03 Å². The van der Waals surface area contributed by atoms with Crippen LogP contribution in [0.1, 0.15) is 12.5 Å². The van der Waals surface area contributed by atoms with E-state index in [1.54, 1.807) is 13.0 Å². The van der Waals surface area contributed by atoms with Gasteiger partial charge in [-0.1, -0.05) is 42.1 Å². The minimum Gasteiger partial charge on any atom is -0.351 e. The molecule has 9 nitrogen and oxygen atoms in total. The van der Waals surface area contributed by atoms with Gasteiger partial charge in [0.05, 0.1) is 10.3 Å². The molecular formula is C20H25N5O4S2. The summed E-state index contributed by atoms with van der Waals surface area (Å²) in [4.78, 5) is 29.1. The average Bonchev–Trinajstić information content (AvgIpc) is 2.75. The molecule has 3 rings (SSSR count). The van der Waals surface area contributed by atoms with Crippen LogP contribution >= 0.6 is 11.8 Å². The number of carbonyl (C=O) groups excluding carboxylic acids is 2. The SMILES string of the molecule is C[C@@H](Sc1ccc(S(=O)(=O)N2CCN(Cc3ccccc3)CC2)cn1)C(=O)NC(N)=O. The van der Waals surface area contributed by atoms with Crippen molar-refractivity contribution in [2.45, 2.75) is 28.6 Å². The Morgan fingerprint density at radius 3 is 2.39 bits per heavy atom. The summed E-state index contributed by atoms with van der Waals surface area (Å²) in [6.07, 6.45) is 1.30. The second-order valence-electron chi connectivity index (χ2n) is 7.11. The number of piperazine rings is 1. The highest BCUT2D eigenvalue weighted by molar-refractivity contribution is 8.00. The monoisotopic (exact) mass is 463 g/mol. The molecule has 0 spiro atoms. The Bertz CT molecular complexity index is 1010. The van der Waals surface area contributed by atoms with Gasteiger partial charge in [-0.15, -0.1) is 0 Å². The maximum atomic E-state index is 13.0. The van der Waals surface area contributed by atoms with Crippen molar-refractivity contribution in [1.29, 1.82) is 0 Å². The van der Waals surface area contributed by atoms with E-state index < -0.39 is 27.2 Å². The maximum absolute atomic E-state index is 13.0. The summed E-state index contributed by atoms with van der Waals surface area (Å²) in [6, 6.07) is 12.2. The van der Waals surface area contributed by atoms with E-state index in [4.69, 9.17) is 5.73 Å². The van der Waals surface area contributed by atoms with Gasteiger partial charge in [-0.3, -0.25) is 15.0 Å². The van der Waals surface area contributed by atoms with Gasteiger partial charge in [0.25, 0.3) is 0 Å². The van der Waals surface area contributed by atoms with Crippen LogP contribution in [0.15, 0.2) is 58.6 Å². The van der Waals surface area contributed by atoms with Gasteiger partial charge in [0.1, 0.15) is 4.90 Å². The lowest BCUT2D eigenvalue weighted by atomic mass is 10.2. The van der Waals surface area contributed by atoms with Crippen molar-refractivity contribution in [1.82, 2.24) is 19.5 Å². The molecule has 166 valence electrons. The summed E-state index contributed by atoms with van der Waals surface area (Å²) < 4.78 is 27.4. The number of amides is 3. The molecular weight excluding hydrogens is 438 g/mol. The summed E-state index contributed by atoms with van der Waals surface area (Å²) in [5.74, 6) is -0.538. The number of benzene rings is 1. The molecule has 0 unspecified atom stereocenters. The van der Waals surface area contributed by atoms with Crippen LogP contribution < -0.4 is 11.1 Å². The Morgan fingerprint density at radius 2 is 1.81 bits per heavy atom. The third kappa shape index (κ3) is 6.26. The molecule has 1 aliphatic heterocycles. The molecule has 3 amide bonds. The maximum Gasteiger partial charge on any atom is 0.318 e. The molecule has 0 aliphatic carbocycles. The minimum absolute atomic E-state index is 0.114. The first-order valence-corrected chi connectivity index (χ1v) is 12.1. The van der Waals surface area contributed by atoms with Crippen LogP contribution in [0.3, 0.4) is 0 Å². The van der Waals surface area contributed by atoms with Crippen LogP contribution in [0.2, 0.25) is 0 Å². The Balaban J connectivity index is 1.57. The Kier molecular flexibility index (Phi) is 7.65. The highest BCUT2D eigenvalue weighted by Gasteiger charge is 2.29. The average molecular weight is 464 g/mol. The predicted octanol–water partition coefficient (Wildman–Crippen LogP) is 1.26. The Labute approximate surface area is 186 Å². The smallest absolute Gasteiger partial charge is 0.318 e. The van der Waals surface area contributed by atoms with Gasteiger partial charge in [-0.2, -0.15) is 4.31 Å². The fourth-order valence-corrected chi connectivity index (χ4v) is 5.32. The normalized spacial score (nSPS) is 16.5. The third-order valence-corrected chi connectivity index (χ3v) is 7.77. The van der Waals surface area contributed by atoms with Gasteiger partial charge in [0, 0.05) is 38.9 Å². The number of nitrogens with zero attached hydrogens (tertiary/aromatic N) is 3. The van der Waals surface area contributed by atoms with E-state index >= 15 is 0 Å². The first kappa shape index (κ1) is 23.2. The second kappa shape index (κ2) is 10.2. The van der Waals surface area contributed by atoms with Crippen molar-refractivity contribution in [2.24, 2.45) is 5.73 Å². The number of pyridine rings is 1. The molecule has 1 aliphatic rings. The number of sulfonamides is 1. The number of hydrogen-bond donors (Lipinski definition) is 2. The van der Waals surface area contributed by atoms with Crippen molar-refractivity contribution in [3.63, 3.8) is 0 Å². The molecule has 1 atom stereocenters. The van der Waals surface area contributed by atoms with Crippen LogP contribution in [0.5, 0.6) is 0 Å². The van der Waals surface area contributed by atoms with Crippen molar-refractivity contribution >= 4 is 33.7 Å². The van der Waals surface area contributed by atoms with E-state index in [0.29, 0.717) is 31.2 Å². The second-order valence-corrected chi connectivity index (χ2v) is 10.4. The fraction of sp³-hybridized carbons (Fsp3) is 0.350. The van der Waals surface area contributed by atoms with E-state index in [1.165, 1.54) is 22.1 Å². The number of aromatic nitrogens is 1. The molecule has 0 bridgehead atoms. The number of nitrogens with one attached hydrogen (secondary N) is 1. The molecule has 3 N–H and O–H groups in total. The number of primary amides is 1.